The van der Waals surface area contributed by atoms with Crippen LogP contribution in [0.15, 0.2) is 65.6 Å². The van der Waals surface area contributed by atoms with Crippen LogP contribution < -0.4 is 15.6 Å². The van der Waals surface area contributed by atoms with Crippen LogP contribution >= 0.6 is 0 Å². The number of pyridine rings is 2. The van der Waals surface area contributed by atoms with Gasteiger partial charge in [-0.1, -0.05) is 24.3 Å². The number of aromatic amines is 1. The summed E-state index contributed by atoms with van der Waals surface area (Å²) < 4.78 is 7.50. The molecule has 2 N–H and O–H groups in total. The van der Waals surface area contributed by atoms with Crippen molar-refractivity contribution < 1.29 is 9.53 Å². The van der Waals surface area contributed by atoms with Gasteiger partial charge in [-0.15, -0.1) is 0 Å². The van der Waals surface area contributed by atoms with E-state index in [1.807, 2.05) is 43.3 Å². The van der Waals surface area contributed by atoms with Gasteiger partial charge in [0, 0.05) is 28.4 Å². The van der Waals surface area contributed by atoms with Crippen LogP contribution in [0.2, 0.25) is 0 Å². The predicted octanol–water partition coefficient (Wildman–Crippen LogP) is 4.73. The molecule has 2 aromatic carbocycles. The Hall–Kier alpha value is -4.39. The fraction of sp³-hybridized carbons (Fsp3) is 0.179. The Morgan fingerprint density at radius 1 is 1.06 bits per heavy atom. The van der Waals surface area contributed by atoms with Gasteiger partial charge in [-0.3, -0.25) is 14.6 Å². The molecule has 3 heterocycles. The Kier molecular flexibility index (Phi) is 5.61. The first kappa shape index (κ1) is 22.4. The van der Waals surface area contributed by atoms with Crippen LogP contribution in [0.4, 0.5) is 0 Å². The molecule has 0 saturated heterocycles. The van der Waals surface area contributed by atoms with Crippen LogP contribution in [-0.4, -0.2) is 27.6 Å². The molecule has 0 fully saturated rings. The van der Waals surface area contributed by atoms with Crippen LogP contribution in [-0.2, 0) is 6.54 Å². The molecule has 7 nitrogen and oxygen atoms in total. The van der Waals surface area contributed by atoms with E-state index in [2.05, 4.69) is 38.9 Å². The number of ether oxygens (including phenoxy) is 1. The normalized spacial score (nSPS) is 11.2. The highest BCUT2D eigenvalue weighted by Crippen LogP contribution is 2.34. The van der Waals surface area contributed by atoms with E-state index in [1.54, 1.807) is 19.2 Å². The standard InChI is InChI=1S/C28H26N4O3/c1-16-11-12-22-19(9-7-13-29-22)26(16)32-18(3)25(20-8-5-6-10-23(20)32)28(34)30-15-21-24(35-4)14-17(2)31-27(21)33/h5-14H,15H2,1-4H3,(H,30,34)(H,31,33). The number of amides is 1. The Labute approximate surface area is 202 Å². The van der Waals surface area contributed by atoms with Crippen LogP contribution in [0.1, 0.15) is 32.9 Å². The van der Waals surface area contributed by atoms with Crippen molar-refractivity contribution in [2.75, 3.05) is 7.11 Å². The van der Waals surface area contributed by atoms with E-state index < -0.39 is 0 Å². The number of methoxy groups -OCH3 is 1. The summed E-state index contributed by atoms with van der Waals surface area (Å²) in [5, 5.41) is 4.79. The van der Waals surface area contributed by atoms with Crippen LogP contribution in [0, 0.1) is 20.8 Å². The second-order valence-corrected chi connectivity index (χ2v) is 8.63. The molecule has 0 saturated carbocycles. The van der Waals surface area contributed by atoms with E-state index in [9.17, 15) is 9.59 Å². The molecular formula is C28H26N4O3. The van der Waals surface area contributed by atoms with Gasteiger partial charge in [-0.25, -0.2) is 0 Å². The van der Waals surface area contributed by atoms with Crippen molar-refractivity contribution in [2.24, 2.45) is 0 Å². The molecule has 1 amide bonds. The summed E-state index contributed by atoms with van der Waals surface area (Å²) in [6, 6.07) is 17.6. The third-order valence-electron chi connectivity index (χ3n) is 6.40. The smallest absolute Gasteiger partial charge is 0.256 e. The lowest BCUT2D eigenvalue weighted by Crippen LogP contribution is -2.28. The second-order valence-electron chi connectivity index (χ2n) is 8.63. The van der Waals surface area contributed by atoms with Crippen molar-refractivity contribution in [1.29, 1.82) is 0 Å². The number of para-hydroxylation sites is 1. The molecule has 3 aromatic heterocycles. The first-order chi connectivity index (χ1) is 16.9. The highest BCUT2D eigenvalue weighted by Gasteiger charge is 2.23. The van der Waals surface area contributed by atoms with Gasteiger partial charge in [0.2, 0.25) is 0 Å². The molecular weight excluding hydrogens is 440 g/mol. The van der Waals surface area contributed by atoms with Gasteiger partial charge in [-0.2, -0.15) is 0 Å². The summed E-state index contributed by atoms with van der Waals surface area (Å²) in [6.07, 6.45) is 1.78. The lowest BCUT2D eigenvalue weighted by molar-refractivity contribution is 0.0951. The number of aryl methyl sites for hydroxylation is 2. The van der Waals surface area contributed by atoms with Crippen molar-refractivity contribution in [3.05, 3.63) is 99.2 Å². The molecule has 0 spiro atoms. The fourth-order valence-electron chi connectivity index (χ4n) is 4.78. The van der Waals surface area contributed by atoms with Gasteiger partial charge in [0.1, 0.15) is 5.75 Å². The van der Waals surface area contributed by atoms with Gasteiger partial charge < -0.3 is 19.6 Å². The largest absolute Gasteiger partial charge is 0.496 e. The molecule has 0 aliphatic heterocycles. The highest BCUT2D eigenvalue weighted by molar-refractivity contribution is 6.09. The quantitative estimate of drug-likeness (QED) is 0.392. The number of H-pyrrole nitrogens is 1. The van der Waals surface area contributed by atoms with Gasteiger partial charge in [0.25, 0.3) is 11.5 Å². The van der Waals surface area contributed by atoms with Crippen LogP contribution in [0.25, 0.3) is 27.5 Å². The van der Waals surface area contributed by atoms with Crippen molar-refractivity contribution in [3.63, 3.8) is 0 Å². The number of rotatable bonds is 5. The number of hydrogen-bond acceptors (Lipinski definition) is 4. The zero-order chi connectivity index (χ0) is 24.7. The molecule has 35 heavy (non-hydrogen) atoms. The molecule has 0 aliphatic rings. The monoisotopic (exact) mass is 466 g/mol. The molecule has 0 aliphatic carbocycles. The number of fused-ring (bicyclic) bond motifs is 2. The topological polar surface area (TPSA) is 89.0 Å². The summed E-state index contributed by atoms with van der Waals surface area (Å²) >= 11 is 0. The zero-order valence-electron chi connectivity index (χ0n) is 20.1. The van der Waals surface area contributed by atoms with E-state index in [-0.39, 0.29) is 18.0 Å². The van der Waals surface area contributed by atoms with E-state index in [0.29, 0.717) is 22.6 Å². The fourth-order valence-corrected chi connectivity index (χ4v) is 4.78. The molecule has 176 valence electrons. The third kappa shape index (κ3) is 3.75. The predicted molar refractivity (Wildman–Crippen MR) is 138 cm³/mol. The Morgan fingerprint density at radius 2 is 1.83 bits per heavy atom. The maximum Gasteiger partial charge on any atom is 0.256 e. The first-order valence-electron chi connectivity index (χ1n) is 11.4. The Balaban J connectivity index is 1.63. The minimum atomic E-state index is -0.278. The van der Waals surface area contributed by atoms with Crippen molar-refractivity contribution in [3.8, 4) is 11.4 Å². The second kappa shape index (κ2) is 8.76. The summed E-state index contributed by atoms with van der Waals surface area (Å²) in [7, 11) is 1.51. The van der Waals surface area contributed by atoms with Gasteiger partial charge >= 0.3 is 0 Å². The number of hydrogen-bond donors (Lipinski definition) is 2. The molecule has 0 bridgehead atoms. The summed E-state index contributed by atoms with van der Waals surface area (Å²) in [4.78, 5) is 33.3. The van der Waals surface area contributed by atoms with Crippen molar-refractivity contribution >= 4 is 27.7 Å². The number of carbonyl (C=O) groups is 1. The summed E-state index contributed by atoms with van der Waals surface area (Å²) in [5.41, 5.74) is 6.08. The lowest BCUT2D eigenvalue weighted by atomic mass is 10.1. The average molecular weight is 467 g/mol. The molecule has 0 atom stereocenters. The van der Waals surface area contributed by atoms with E-state index >= 15 is 0 Å². The summed E-state index contributed by atoms with van der Waals surface area (Å²) in [6.45, 7) is 5.84. The number of nitrogens with one attached hydrogen (secondary N) is 2. The molecule has 0 unspecified atom stereocenters. The third-order valence-corrected chi connectivity index (χ3v) is 6.40. The number of benzene rings is 2. The first-order valence-corrected chi connectivity index (χ1v) is 11.4. The maximum atomic E-state index is 13.5. The maximum absolute atomic E-state index is 13.5. The van der Waals surface area contributed by atoms with E-state index in [0.717, 1.165) is 38.8 Å². The molecule has 5 aromatic rings. The van der Waals surface area contributed by atoms with Gasteiger partial charge in [0.15, 0.2) is 0 Å². The number of aromatic nitrogens is 3. The molecule has 7 heteroatoms. The Morgan fingerprint density at radius 3 is 2.63 bits per heavy atom. The minimum Gasteiger partial charge on any atom is -0.496 e. The number of carbonyl (C=O) groups excluding carboxylic acids is 1. The zero-order valence-corrected chi connectivity index (χ0v) is 20.1. The minimum absolute atomic E-state index is 0.0494. The highest BCUT2D eigenvalue weighted by atomic mass is 16.5. The SMILES string of the molecule is COc1cc(C)[nH]c(=O)c1CNC(=O)c1c(C)n(-c2c(C)ccc3ncccc23)c2ccccc12. The van der Waals surface area contributed by atoms with Crippen LogP contribution in [0.5, 0.6) is 5.75 Å². The van der Waals surface area contributed by atoms with E-state index in [4.69, 9.17) is 4.74 Å². The van der Waals surface area contributed by atoms with E-state index in [1.165, 1.54) is 7.11 Å². The van der Waals surface area contributed by atoms with Crippen molar-refractivity contribution in [2.45, 2.75) is 27.3 Å². The lowest BCUT2D eigenvalue weighted by Gasteiger charge is -2.15. The molecule has 0 radical (unpaired) electrons. The van der Waals surface area contributed by atoms with Crippen LogP contribution in [0.3, 0.4) is 0 Å². The summed E-state index contributed by atoms with van der Waals surface area (Å²) in [5.74, 6) is 0.195. The van der Waals surface area contributed by atoms with Gasteiger partial charge in [-0.05, 0) is 56.7 Å². The van der Waals surface area contributed by atoms with Gasteiger partial charge in [0.05, 0.1) is 41.5 Å². The van der Waals surface area contributed by atoms with Crippen molar-refractivity contribution in [1.82, 2.24) is 19.9 Å². The average Bonchev–Trinajstić information content (AvgIpc) is 3.14. The molecule has 5 rings (SSSR count). The number of nitrogens with zero attached hydrogens (tertiary/aromatic N) is 2. The Bertz CT molecular complexity index is 1660.